The third-order valence-corrected chi connectivity index (χ3v) is 5.59. The Balaban J connectivity index is 1.63. The molecule has 0 aliphatic carbocycles. The van der Waals surface area contributed by atoms with E-state index in [0.29, 0.717) is 40.6 Å². The van der Waals surface area contributed by atoms with Gasteiger partial charge in [0, 0.05) is 34.4 Å². The van der Waals surface area contributed by atoms with E-state index in [9.17, 15) is 9.59 Å². The molecule has 4 rings (SSSR count). The number of hydrogen-bond acceptors (Lipinski definition) is 4. The maximum Gasteiger partial charge on any atom is 0.311 e. The first-order valence-corrected chi connectivity index (χ1v) is 10.6. The summed E-state index contributed by atoms with van der Waals surface area (Å²) in [5.74, 6) is -0.434. The van der Waals surface area contributed by atoms with Gasteiger partial charge < -0.3 is 9.72 Å². The number of esters is 1. The van der Waals surface area contributed by atoms with Crippen molar-refractivity contribution in [2.45, 2.75) is 19.8 Å². The van der Waals surface area contributed by atoms with E-state index in [0.717, 1.165) is 16.5 Å². The number of aromatic amines is 2. The molecule has 0 amide bonds. The molecule has 164 valence electrons. The summed E-state index contributed by atoms with van der Waals surface area (Å²) >= 11 is 6.13. The molecule has 2 N–H and O–H groups in total. The predicted octanol–water partition coefficient (Wildman–Crippen LogP) is 4.07. The topological polar surface area (TPSA) is 92.2 Å². The van der Waals surface area contributed by atoms with Crippen molar-refractivity contribution in [3.05, 3.63) is 86.9 Å². The average Bonchev–Trinajstić information content (AvgIpc) is 3.34. The van der Waals surface area contributed by atoms with Crippen molar-refractivity contribution in [3.8, 4) is 5.69 Å². The minimum absolute atomic E-state index is 0.0469. The van der Waals surface area contributed by atoms with E-state index < -0.39 is 5.97 Å². The fourth-order valence-electron chi connectivity index (χ4n) is 3.74. The van der Waals surface area contributed by atoms with Crippen LogP contribution in [-0.2, 0) is 22.4 Å². The van der Waals surface area contributed by atoms with Crippen molar-refractivity contribution in [1.29, 1.82) is 0 Å². The van der Waals surface area contributed by atoms with Crippen LogP contribution >= 0.6 is 11.6 Å². The van der Waals surface area contributed by atoms with Crippen molar-refractivity contribution < 1.29 is 9.53 Å². The van der Waals surface area contributed by atoms with E-state index in [2.05, 4.69) is 15.1 Å². The number of hydrogen-bond donors (Lipinski definition) is 2. The number of ether oxygens (including phenoxy) is 1. The maximum atomic E-state index is 13.2. The van der Waals surface area contributed by atoms with Crippen molar-refractivity contribution in [2.24, 2.45) is 4.99 Å². The van der Waals surface area contributed by atoms with Crippen LogP contribution in [-0.4, -0.2) is 40.1 Å². The van der Waals surface area contributed by atoms with Gasteiger partial charge in [0.15, 0.2) is 0 Å². The molecule has 4 aromatic rings. The van der Waals surface area contributed by atoms with E-state index in [4.69, 9.17) is 16.3 Å². The number of halogens is 1. The average molecular weight is 451 g/mol. The van der Waals surface area contributed by atoms with Gasteiger partial charge in [-0.3, -0.25) is 19.7 Å². The van der Waals surface area contributed by atoms with Gasteiger partial charge in [0.1, 0.15) is 0 Å². The van der Waals surface area contributed by atoms with E-state index in [1.807, 2.05) is 54.7 Å². The Kier molecular flexibility index (Phi) is 6.28. The second-order valence-electron chi connectivity index (χ2n) is 7.42. The van der Waals surface area contributed by atoms with E-state index in [1.165, 1.54) is 11.8 Å². The highest BCUT2D eigenvalue weighted by Crippen LogP contribution is 2.22. The first-order valence-electron chi connectivity index (χ1n) is 10.2. The molecule has 2 aromatic carbocycles. The summed E-state index contributed by atoms with van der Waals surface area (Å²) in [5, 5.41) is 4.79. The number of aromatic nitrogens is 3. The van der Waals surface area contributed by atoms with Crippen molar-refractivity contribution in [1.82, 2.24) is 14.8 Å². The lowest BCUT2D eigenvalue weighted by Gasteiger charge is -2.02. The second kappa shape index (κ2) is 9.28. The molecule has 0 aliphatic rings. The number of benzene rings is 2. The third kappa shape index (κ3) is 4.38. The fraction of sp³-hybridized carbons (Fsp3) is 0.208. The molecule has 0 saturated carbocycles. The van der Waals surface area contributed by atoms with Crippen LogP contribution in [0.4, 0.5) is 0 Å². The maximum absolute atomic E-state index is 13.2. The quantitative estimate of drug-likeness (QED) is 0.328. The molecule has 0 unspecified atom stereocenters. The van der Waals surface area contributed by atoms with Crippen LogP contribution in [0.15, 0.2) is 64.5 Å². The standard InChI is InChI=1S/C24H23ClN4O3/c1-15(26-11-10-16-14-27-20-9-8-17(25)12-19(16)20)23-21(13-22(30)32-2)28-29(24(23)31)18-6-4-3-5-7-18/h3-9,12,14,27-28H,10-11,13H2,1-2H3. The molecular formula is C24H23ClN4O3. The smallest absolute Gasteiger partial charge is 0.311 e. The lowest BCUT2D eigenvalue weighted by atomic mass is 10.1. The first kappa shape index (κ1) is 21.6. The lowest BCUT2D eigenvalue weighted by molar-refractivity contribution is -0.139. The molecule has 2 aromatic heterocycles. The zero-order valence-corrected chi connectivity index (χ0v) is 18.6. The summed E-state index contributed by atoms with van der Waals surface area (Å²) < 4.78 is 6.22. The molecule has 8 heteroatoms. The minimum atomic E-state index is -0.434. The molecule has 0 aliphatic heterocycles. The van der Waals surface area contributed by atoms with Gasteiger partial charge in [-0.25, -0.2) is 4.68 Å². The Morgan fingerprint density at radius 2 is 1.97 bits per heavy atom. The molecule has 0 spiro atoms. The Morgan fingerprint density at radius 3 is 2.72 bits per heavy atom. The zero-order chi connectivity index (χ0) is 22.7. The van der Waals surface area contributed by atoms with Crippen molar-refractivity contribution >= 4 is 34.2 Å². The van der Waals surface area contributed by atoms with Crippen molar-refractivity contribution in [2.75, 3.05) is 13.7 Å². The first-order chi connectivity index (χ1) is 15.5. The van der Waals surface area contributed by atoms with Crippen LogP contribution in [0.1, 0.15) is 23.7 Å². The van der Waals surface area contributed by atoms with Gasteiger partial charge in [-0.15, -0.1) is 0 Å². The van der Waals surface area contributed by atoms with Crippen LogP contribution < -0.4 is 5.56 Å². The summed E-state index contributed by atoms with van der Waals surface area (Å²) in [6, 6.07) is 14.9. The summed E-state index contributed by atoms with van der Waals surface area (Å²) in [5.41, 5.74) is 3.98. The van der Waals surface area contributed by atoms with Crippen LogP contribution in [0.5, 0.6) is 0 Å². The number of carbonyl (C=O) groups is 1. The number of methoxy groups -OCH3 is 1. The van der Waals surface area contributed by atoms with Crippen molar-refractivity contribution in [3.63, 3.8) is 0 Å². The second-order valence-corrected chi connectivity index (χ2v) is 7.85. The molecule has 2 heterocycles. The summed E-state index contributed by atoms with van der Waals surface area (Å²) in [4.78, 5) is 33.0. The fourth-order valence-corrected chi connectivity index (χ4v) is 3.91. The number of rotatable bonds is 7. The van der Waals surface area contributed by atoms with Crippen LogP contribution in [0.25, 0.3) is 16.6 Å². The molecule has 0 saturated heterocycles. The molecular weight excluding hydrogens is 428 g/mol. The van der Waals surface area contributed by atoms with Crippen LogP contribution in [0, 0.1) is 0 Å². The van der Waals surface area contributed by atoms with Gasteiger partial charge in [-0.2, -0.15) is 0 Å². The normalized spacial score (nSPS) is 11.8. The number of carbonyl (C=O) groups excluding carboxylic acids is 1. The number of nitrogens with one attached hydrogen (secondary N) is 2. The summed E-state index contributed by atoms with van der Waals surface area (Å²) in [6.45, 7) is 2.27. The van der Waals surface area contributed by atoms with Gasteiger partial charge in [-0.05, 0) is 49.2 Å². The Morgan fingerprint density at radius 1 is 1.19 bits per heavy atom. The van der Waals surface area contributed by atoms with Gasteiger partial charge >= 0.3 is 5.97 Å². The molecule has 32 heavy (non-hydrogen) atoms. The van der Waals surface area contributed by atoms with E-state index in [-0.39, 0.29) is 12.0 Å². The Hall–Kier alpha value is -3.58. The summed E-state index contributed by atoms with van der Waals surface area (Å²) in [7, 11) is 1.32. The monoisotopic (exact) mass is 450 g/mol. The highest BCUT2D eigenvalue weighted by atomic mass is 35.5. The molecule has 7 nitrogen and oxygen atoms in total. The Labute approximate surface area is 189 Å². The number of nitrogens with zero attached hydrogens (tertiary/aromatic N) is 2. The van der Waals surface area contributed by atoms with Gasteiger partial charge in [0.05, 0.1) is 30.5 Å². The van der Waals surface area contributed by atoms with E-state index in [1.54, 1.807) is 6.92 Å². The number of H-pyrrole nitrogens is 2. The highest BCUT2D eigenvalue weighted by molar-refractivity contribution is 6.31. The van der Waals surface area contributed by atoms with Gasteiger partial charge in [0.2, 0.25) is 0 Å². The summed E-state index contributed by atoms with van der Waals surface area (Å²) in [6.07, 6.45) is 2.59. The number of para-hydroxylation sites is 1. The SMILES string of the molecule is COC(=O)Cc1[nH]n(-c2ccccc2)c(=O)c1C(C)=NCCc1c[nH]c2ccc(Cl)cc12. The molecule has 0 radical (unpaired) electrons. The molecule has 0 fully saturated rings. The Bertz CT molecular complexity index is 1350. The third-order valence-electron chi connectivity index (χ3n) is 5.35. The molecule has 0 bridgehead atoms. The minimum Gasteiger partial charge on any atom is -0.469 e. The van der Waals surface area contributed by atoms with E-state index >= 15 is 0 Å². The lowest BCUT2D eigenvalue weighted by Crippen LogP contribution is -2.20. The van der Waals surface area contributed by atoms with Gasteiger partial charge in [-0.1, -0.05) is 29.8 Å². The predicted molar refractivity (Wildman–Crippen MR) is 126 cm³/mol. The van der Waals surface area contributed by atoms with Gasteiger partial charge in [0.25, 0.3) is 5.56 Å². The van der Waals surface area contributed by atoms with Crippen LogP contribution in [0.2, 0.25) is 5.02 Å². The number of fused-ring (bicyclic) bond motifs is 1. The zero-order valence-electron chi connectivity index (χ0n) is 17.8. The van der Waals surface area contributed by atoms with Crippen LogP contribution in [0.3, 0.4) is 0 Å². The largest absolute Gasteiger partial charge is 0.469 e. The highest BCUT2D eigenvalue weighted by Gasteiger charge is 2.20. The molecule has 0 atom stereocenters. The number of aliphatic imine (C=N–C) groups is 1.